The number of hydrogen-bond donors (Lipinski definition) is 1. The van der Waals surface area contributed by atoms with Gasteiger partial charge in [-0.15, -0.1) is 0 Å². The number of amides is 1. The molecule has 0 bridgehead atoms. The molecule has 5 nitrogen and oxygen atoms in total. The van der Waals surface area contributed by atoms with Crippen molar-refractivity contribution >= 4 is 11.6 Å². The molecule has 0 spiro atoms. The molecular formula is C13H11N3O2. The van der Waals surface area contributed by atoms with Gasteiger partial charge in [0.2, 0.25) is 5.76 Å². The third-order valence-electron chi connectivity index (χ3n) is 2.36. The number of nitriles is 1. The predicted octanol–water partition coefficient (Wildman–Crippen LogP) is 2.42. The first-order valence-electron chi connectivity index (χ1n) is 5.35. The molecule has 0 fully saturated rings. The van der Waals surface area contributed by atoms with Crippen molar-refractivity contribution in [3.05, 3.63) is 47.2 Å². The Labute approximate surface area is 104 Å². The second-order valence-corrected chi connectivity index (χ2v) is 3.79. The third kappa shape index (κ3) is 2.38. The molecule has 0 unspecified atom stereocenters. The Balaban J connectivity index is 2.21. The van der Waals surface area contributed by atoms with Crippen LogP contribution in [0.25, 0.3) is 0 Å². The van der Waals surface area contributed by atoms with Gasteiger partial charge < -0.3 is 9.73 Å². The van der Waals surface area contributed by atoms with E-state index in [0.29, 0.717) is 22.8 Å². The minimum Gasteiger partial charge on any atom is -0.436 e. The standard InChI is InChI=1S/C13H11N3O2/c1-8-12(18-9(2)15-8)13(17)16-11-5-3-4-10(6-11)7-14/h3-6H,1-2H3,(H,16,17). The highest BCUT2D eigenvalue weighted by Crippen LogP contribution is 2.14. The Bertz CT molecular complexity index is 638. The molecule has 1 heterocycles. The van der Waals surface area contributed by atoms with Crippen molar-refractivity contribution < 1.29 is 9.21 Å². The second-order valence-electron chi connectivity index (χ2n) is 3.79. The van der Waals surface area contributed by atoms with Crippen LogP contribution < -0.4 is 5.32 Å². The van der Waals surface area contributed by atoms with E-state index in [2.05, 4.69) is 10.3 Å². The molecule has 1 aromatic heterocycles. The number of hydrogen-bond acceptors (Lipinski definition) is 4. The van der Waals surface area contributed by atoms with Crippen LogP contribution in [0.2, 0.25) is 0 Å². The van der Waals surface area contributed by atoms with Crippen LogP contribution in [-0.4, -0.2) is 10.9 Å². The quantitative estimate of drug-likeness (QED) is 0.875. The van der Waals surface area contributed by atoms with E-state index in [1.807, 2.05) is 6.07 Å². The molecule has 0 aliphatic rings. The van der Waals surface area contributed by atoms with Gasteiger partial charge in [0.15, 0.2) is 5.89 Å². The monoisotopic (exact) mass is 241 g/mol. The normalized spacial score (nSPS) is 9.83. The molecule has 5 heteroatoms. The van der Waals surface area contributed by atoms with E-state index in [1.165, 1.54) is 0 Å². The zero-order valence-corrected chi connectivity index (χ0v) is 10.0. The summed E-state index contributed by atoms with van der Waals surface area (Å²) in [6.45, 7) is 3.39. The molecule has 1 N–H and O–H groups in total. The van der Waals surface area contributed by atoms with Crippen molar-refractivity contribution in [1.29, 1.82) is 5.26 Å². The highest BCUT2D eigenvalue weighted by molar-refractivity contribution is 6.03. The van der Waals surface area contributed by atoms with Crippen molar-refractivity contribution in [1.82, 2.24) is 4.98 Å². The minimum atomic E-state index is -0.372. The Morgan fingerprint density at radius 2 is 2.22 bits per heavy atom. The molecule has 90 valence electrons. The van der Waals surface area contributed by atoms with Gasteiger partial charge in [-0.3, -0.25) is 4.79 Å². The van der Waals surface area contributed by atoms with Gasteiger partial charge in [0.05, 0.1) is 17.3 Å². The molecule has 0 radical (unpaired) electrons. The van der Waals surface area contributed by atoms with Gasteiger partial charge in [0.25, 0.3) is 5.91 Å². The van der Waals surface area contributed by atoms with E-state index in [9.17, 15) is 4.79 Å². The number of rotatable bonds is 2. The van der Waals surface area contributed by atoms with Crippen LogP contribution in [0.15, 0.2) is 28.7 Å². The van der Waals surface area contributed by atoms with Crippen LogP contribution in [0, 0.1) is 25.2 Å². The average molecular weight is 241 g/mol. The van der Waals surface area contributed by atoms with Crippen molar-refractivity contribution in [2.75, 3.05) is 5.32 Å². The molecule has 2 aromatic rings. The summed E-state index contributed by atoms with van der Waals surface area (Å²) in [5, 5.41) is 11.4. The average Bonchev–Trinajstić information content (AvgIpc) is 2.69. The molecule has 0 saturated carbocycles. The van der Waals surface area contributed by atoms with E-state index >= 15 is 0 Å². The largest absolute Gasteiger partial charge is 0.436 e. The number of carbonyl (C=O) groups is 1. The highest BCUT2D eigenvalue weighted by Gasteiger charge is 2.15. The molecule has 18 heavy (non-hydrogen) atoms. The van der Waals surface area contributed by atoms with Crippen molar-refractivity contribution in [2.24, 2.45) is 0 Å². The van der Waals surface area contributed by atoms with Crippen LogP contribution in [0.3, 0.4) is 0 Å². The van der Waals surface area contributed by atoms with Gasteiger partial charge in [-0.2, -0.15) is 5.26 Å². The van der Waals surface area contributed by atoms with E-state index in [-0.39, 0.29) is 11.7 Å². The van der Waals surface area contributed by atoms with Crippen LogP contribution >= 0.6 is 0 Å². The predicted molar refractivity (Wildman–Crippen MR) is 65.1 cm³/mol. The van der Waals surface area contributed by atoms with Crippen LogP contribution in [0.4, 0.5) is 5.69 Å². The minimum absolute atomic E-state index is 0.190. The number of nitrogens with zero attached hydrogens (tertiary/aromatic N) is 2. The fourth-order valence-electron chi connectivity index (χ4n) is 1.60. The third-order valence-corrected chi connectivity index (χ3v) is 2.36. The van der Waals surface area contributed by atoms with Crippen LogP contribution in [0.5, 0.6) is 0 Å². The fourth-order valence-corrected chi connectivity index (χ4v) is 1.60. The molecule has 0 atom stereocenters. The number of carbonyl (C=O) groups excluding carboxylic acids is 1. The maximum atomic E-state index is 11.9. The van der Waals surface area contributed by atoms with E-state index in [4.69, 9.17) is 9.68 Å². The van der Waals surface area contributed by atoms with E-state index in [1.54, 1.807) is 38.1 Å². The molecule has 2 rings (SSSR count). The molecule has 0 aliphatic heterocycles. The Kier molecular flexibility index (Phi) is 3.11. The second kappa shape index (κ2) is 4.72. The number of nitrogens with one attached hydrogen (secondary N) is 1. The summed E-state index contributed by atoms with van der Waals surface area (Å²) in [7, 11) is 0. The van der Waals surface area contributed by atoms with Gasteiger partial charge in [-0.25, -0.2) is 4.98 Å². The summed E-state index contributed by atoms with van der Waals surface area (Å²) in [6.07, 6.45) is 0. The summed E-state index contributed by atoms with van der Waals surface area (Å²) in [6, 6.07) is 8.68. The zero-order chi connectivity index (χ0) is 13.1. The maximum absolute atomic E-state index is 11.9. The Hall–Kier alpha value is -2.61. The lowest BCUT2D eigenvalue weighted by Gasteiger charge is -2.03. The first kappa shape index (κ1) is 11.9. The first-order chi connectivity index (χ1) is 8.60. The molecule has 1 amide bonds. The summed E-state index contributed by atoms with van der Waals surface area (Å²) >= 11 is 0. The highest BCUT2D eigenvalue weighted by atomic mass is 16.4. The van der Waals surface area contributed by atoms with Crippen LogP contribution in [0.1, 0.15) is 27.7 Å². The zero-order valence-electron chi connectivity index (χ0n) is 10.0. The first-order valence-corrected chi connectivity index (χ1v) is 5.35. The van der Waals surface area contributed by atoms with Gasteiger partial charge in [0, 0.05) is 12.6 Å². The van der Waals surface area contributed by atoms with Crippen molar-refractivity contribution in [3.63, 3.8) is 0 Å². The van der Waals surface area contributed by atoms with Gasteiger partial charge in [-0.1, -0.05) is 6.07 Å². The SMILES string of the molecule is Cc1nc(C)c(C(=O)Nc2cccc(C#N)c2)o1. The van der Waals surface area contributed by atoms with Crippen molar-refractivity contribution in [2.45, 2.75) is 13.8 Å². The molecule has 1 aromatic carbocycles. The lowest BCUT2D eigenvalue weighted by atomic mass is 10.2. The number of anilines is 1. The van der Waals surface area contributed by atoms with Crippen LogP contribution in [-0.2, 0) is 0 Å². The number of benzene rings is 1. The number of oxazole rings is 1. The fraction of sp³-hybridized carbons (Fsp3) is 0.154. The topological polar surface area (TPSA) is 78.9 Å². The molecule has 0 saturated heterocycles. The maximum Gasteiger partial charge on any atom is 0.293 e. The molecular weight excluding hydrogens is 230 g/mol. The lowest BCUT2D eigenvalue weighted by Crippen LogP contribution is -2.12. The van der Waals surface area contributed by atoms with Gasteiger partial charge in [-0.05, 0) is 25.1 Å². The smallest absolute Gasteiger partial charge is 0.293 e. The molecule has 0 aliphatic carbocycles. The lowest BCUT2D eigenvalue weighted by molar-refractivity contribution is 0.0994. The number of aromatic nitrogens is 1. The van der Waals surface area contributed by atoms with Crippen molar-refractivity contribution in [3.8, 4) is 6.07 Å². The Morgan fingerprint density at radius 1 is 1.44 bits per heavy atom. The number of aryl methyl sites for hydroxylation is 2. The van der Waals surface area contributed by atoms with Gasteiger partial charge >= 0.3 is 0 Å². The summed E-state index contributed by atoms with van der Waals surface area (Å²) in [4.78, 5) is 15.9. The summed E-state index contributed by atoms with van der Waals surface area (Å²) in [5.74, 6) is 0.265. The van der Waals surface area contributed by atoms with Gasteiger partial charge in [0.1, 0.15) is 0 Å². The Morgan fingerprint density at radius 3 is 2.83 bits per heavy atom. The van der Waals surface area contributed by atoms with E-state index in [0.717, 1.165) is 0 Å². The van der Waals surface area contributed by atoms with E-state index < -0.39 is 0 Å². The summed E-state index contributed by atoms with van der Waals surface area (Å²) < 4.78 is 5.22. The summed E-state index contributed by atoms with van der Waals surface area (Å²) in [5.41, 5.74) is 1.58.